The average Bonchev–Trinajstić information content (AvgIpc) is 2.49. The molecule has 1 fully saturated rings. The fourth-order valence-corrected chi connectivity index (χ4v) is 4.95. The molecule has 0 saturated heterocycles. The lowest BCUT2D eigenvalue weighted by Gasteiger charge is -2.35. The van der Waals surface area contributed by atoms with Crippen molar-refractivity contribution in [2.75, 3.05) is 12.8 Å². The van der Waals surface area contributed by atoms with E-state index >= 15 is 0 Å². The Kier molecular flexibility index (Phi) is 5.82. The highest BCUT2D eigenvalue weighted by molar-refractivity contribution is 8.00. The van der Waals surface area contributed by atoms with Crippen LogP contribution < -0.4 is 4.72 Å². The van der Waals surface area contributed by atoms with E-state index in [-0.39, 0.29) is 19.8 Å². The van der Waals surface area contributed by atoms with Gasteiger partial charge >= 0.3 is 0 Å². The molecule has 0 unspecified atom stereocenters. The smallest absolute Gasteiger partial charge is 0.242 e. The van der Waals surface area contributed by atoms with E-state index in [0.29, 0.717) is 6.54 Å². The van der Waals surface area contributed by atoms with Gasteiger partial charge in [-0.25, -0.2) is 18.1 Å². The summed E-state index contributed by atoms with van der Waals surface area (Å²) in [7, 11) is -3.62. The third-order valence-electron chi connectivity index (χ3n) is 3.86. The number of nitrogens with zero attached hydrogens (tertiary/aromatic N) is 1. The van der Waals surface area contributed by atoms with Crippen LogP contribution in [-0.2, 0) is 10.0 Å². The Bertz CT molecular complexity index is 602. The molecule has 0 amide bonds. The second-order valence-corrected chi connectivity index (χ2v) is 9.02. The summed E-state index contributed by atoms with van der Waals surface area (Å²) in [4.78, 5) is 3.83. The van der Waals surface area contributed by atoms with Crippen molar-refractivity contribution in [3.05, 3.63) is 22.4 Å². The standard InChI is InChI=1S/C13H18Cl2N2O2S2/c1-20-13(5-3-2-4-6-13)9-17-21(18,19)10-7-11(14)12(15)16-8-10/h7-8,17H,2-6,9H2,1H3. The normalized spacial score (nSPS) is 18.6. The number of sulfonamides is 1. The summed E-state index contributed by atoms with van der Waals surface area (Å²) >= 11 is 13.3. The molecule has 1 saturated carbocycles. The van der Waals surface area contributed by atoms with E-state index in [1.54, 1.807) is 11.8 Å². The molecule has 118 valence electrons. The summed E-state index contributed by atoms with van der Waals surface area (Å²) in [6.07, 6.45) is 8.87. The summed E-state index contributed by atoms with van der Waals surface area (Å²) < 4.78 is 27.4. The fraction of sp³-hybridized carbons (Fsp3) is 0.615. The van der Waals surface area contributed by atoms with Gasteiger partial charge in [-0.1, -0.05) is 42.5 Å². The second-order valence-electron chi connectivity index (χ2n) is 5.22. The lowest BCUT2D eigenvalue weighted by molar-refractivity contribution is 0.395. The third kappa shape index (κ3) is 4.26. The zero-order valence-electron chi connectivity index (χ0n) is 11.7. The highest BCUT2D eigenvalue weighted by Crippen LogP contribution is 2.38. The maximum absolute atomic E-state index is 12.3. The summed E-state index contributed by atoms with van der Waals surface area (Å²) in [5.41, 5.74) is 0. The molecule has 0 atom stereocenters. The Hall–Kier alpha value is -0.0100. The van der Waals surface area contributed by atoms with E-state index in [9.17, 15) is 8.42 Å². The molecular weight excluding hydrogens is 351 g/mol. The van der Waals surface area contributed by atoms with Crippen LogP contribution in [0, 0.1) is 0 Å². The van der Waals surface area contributed by atoms with Crippen molar-refractivity contribution in [2.45, 2.75) is 41.7 Å². The van der Waals surface area contributed by atoms with E-state index in [1.165, 1.54) is 18.7 Å². The van der Waals surface area contributed by atoms with Gasteiger partial charge in [-0.3, -0.25) is 0 Å². The SMILES string of the molecule is CSC1(CNS(=O)(=O)c2cnc(Cl)c(Cl)c2)CCCCC1. The Morgan fingerprint density at radius 3 is 2.57 bits per heavy atom. The highest BCUT2D eigenvalue weighted by atomic mass is 35.5. The van der Waals surface area contributed by atoms with E-state index < -0.39 is 10.0 Å². The first kappa shape index (κ1) is 17.3. The monoisotopic (exact) mass is 368 g/mol. The van der Waals surface area contributed by atoms with E-state index in [4.69, 9.17) is 23.2 Å². The first-order chi connectivity index (χ1) is 9.88. The van der Waals surface area contributed by atoms with Gasteiger partial charge in [-0.2, -0.15) is 11.8 Å². The molecule has 2 rings (SSSR count). The van der Waals surface area contributed by atoms with Crippen molar-refractivity contribution in [3.8, 4) is 0 Å². The third-order valence-corrected chi connectivity index (χ3v) is 7.34. The second kappa shape index (κ2) is 7.04. The van der Waals surface area contributed by atoms with Crippen LogP contribution in [0.3, 0.4) is 0 Å². The van der Waals surface area contributed by atoms with Crippen LogP contribution in [0.4, 0.5) is 0 Å². The van der Waals surface area contributed by atoms with E-state index in [1.807, 2.05) is 6.26 Å². The number of rotatable bonds is 5. The Morgan fingerprint density at radius 1 is 1.33 bits per heavy atom. The van der Waals surface area contributed by atoms with Gasteiger partial charge in [0.1, 0.15) is 10.0 Å². The van der Waals surface area contributed by atoms with Gasteiger partial charge in [0.05, 0.1) is 5.02 Å². The highest BCUT2D eigenvalue weighted by Gasteiger charge is 2.32. The number of pyridine rings is 1. The van der Waals surface area contributed by atoms with Crippen molar-refractivity contribution in [2.24, 2.45) is 0 Å². The Balaban J connectivity index is 2.11. The first-order valence-corrected chi connectivity index (χ1v) is 10.2. The van der Waals surface area contributed by atoms with Crippen molar-refractivity contribution < 1.29 is 8.42 Å². The largest absolute Gasteiger partial charge is 0.242 e. The quantitative estimate of drug-likeness (QED) is 0.804. The molecule has 1 aromatic heterocycles. The predicted molar refractivity (Wildman–Crippen MR) is 88.8 cm³/mol. The van der Waals surface area contributed by atoms with E-state index in [0.717, 1.165) is 25.7 Å². The lowest BCUT2D eigenvalue weighted by Crippen LogP contribution is -2.41. The number of hydrogen-bond acceptors (Lipinski definition) is 4. The van der Waals surface area contributed by atoms with E-state index in [2.05, 4.69) is 9.71 Å². The van der Waals surface area contributed by atoms with Crippen LogP contribution in [0.15, 0.2) is 17.2 Å². The van der Waals surface area contributed by atoms with Crippen molar-refractivity contribution >= 4 is 45.0 Å². The van der Waals surface area contributed by atoms with Gasteiger partial charge in [0, 0.05) is 17.5 Å². The number of thioether (sulfide) groups is 1. The maximum atomic E-state index is 12.3. The molecule has 0 aliphatic heterocycles. The topological polar surface area (TPSA) is 59.1 Å². The Labute approximate surface area is 140 Å². The van der Waals surface area contributed by atoms with Crippen LogP contribution >= 0.6 is 35.0 Å². The number of aromatic nitrogens is 1. The molecule has 0 aromatic carbocycles. The van der Waals surface area contributed by atoms with Gasteiger partial charge in [0.25, 0.3) is 0 Å². The van der Waals surface area contributed by atoms with Crippen LogP contribution in [0.2, 0.25) is 10.2 Å². The molecule has 0 radical (unpaired) electrons. The molecular formula is C13H18Cl2N2O2S2. The average molecular weight is 369 g/mol. The maximum Gasteiger partial charge on any atom is 0.242 e. The first-order valence-electron chi connectivity index (χ1n) is 6.74. The Morgan fingerprint density at radius 2 is 2.00 bits per heavy atom. The minimum Gasteiger partial charge on any atom is -0.242 e. The molecule has 1 N–H and O–H groups in total. The van der Waals surface area contributed by atoms with Gasteiger partial charge in [-0.15, -0.1) is 0 Å². The minimum absolute atomic E-state index is 0.00499. The van der Waals surface area contributed by atoms with Gasteiger partial charge < -0.3 is 0 Å². The summed E-state index contributed by atoms with van der Waals surface area (Å²) in [6, 6.07) is 1.33. The van der Waals surface area contributed by atoms with Crippen molar-refractivity contribution in [1.82, 2.24) is 9.71 Å². The molecule has 21 heavy (non-hydrogen) atoms. The summed E-state index contributed by atoms with van der Waals surface area (Å²) in [5, 5.41) is 0.236. The van der Waals surface area contributed by atoms with Crippen molar-refractivity contribution in [1.29, 1.82) is 0 Å². The zero-order chi connectivity index (χ0) is 15.5. The summed E-state index contributed by atoms with van der Waals surface area (Å²) in [6.45, 7) is 0.427. The van der Waals surface area contributed by atoms with Crippen LogP contribution in [0.5, 0.6) is 0 Å². The molecule has 1 aliphatic carbocycles. The van der Waals surface area contributed by atoms with Crippen LogP contribution in [-0.4, -0.2) is 30.9 Å². The van der Waals surface area contributed by atoms with Gasteiger partial charge in [0.2, 0.25) is 10.0 Å². The number of halogens is 2. The van der Waals surface area contributed by atoms with Gasteiger partial charge in [-0.05, 0) is 25.2 Å². The zero-order valence-corrected chi connectivity index (χ0v) is 14.9. The lowest BCUT2D eigenvalue weighted by atomic mass is 9.88. The molecule has 1 aliphatic rings. The molecule has 1 heterocycles. The number of hydrogen-bond donors (Lipinski definition) is 1. The number of nitrogens with one attached hydrogen (secondary N) is 1. The predicted octanol–water partition coefficient (Wildman–Crippen LogP) is 3.73. The minimum atomic E-state index is -3.62. The van der Waals surface area contributed by atoms with Crippen LogP contribution in [0.1, 0.15) is 32.1 Å². The van der Waals surface area contributed by atoms with Crippen LogP contribution in [0.25, 0.3) is 0 Å². The van der Waals surface area contributed by atoms with Gasteiger partial charge in [0.15, 0.2) is 0 Å². The molecule has 8 heteroatoms. The molecule has 4 nitrogen and oxygen atoms in total. The molecule has 1 aromatic rings. The molecule has 0 spiro atoms. The summed E-state index contributed by atoms with van der Waals surface area (Å²) in [5.74, 6) is 0. The van der Waals surface area contributed by atoms with Crippen molar-refractivity contribution in [3.63, 3.8) is 0 Å². The molecule has 0 bridgehead atoms. The fourth-order valence-electron chi connectivity index (χ4n) is 2.51.